The molecule has 0 saturated carbocycles. The monoisotopic (exact) mass is 217 g/mol. The van der Waals surface area contributed by atoms with Crippen LogP contribution in [0.3, 0.4) is 0 Å². The number of para-hydroxylation sites is 1. The highest BCUT2D eigenvalue weighted by molar-refractivity contribution is 5.87. The van der Waals surface area contributed by atoms with Gasteiger partial charge in [-0.2, -0.15) is 0 Å². The highest BCUT2D eigenvalue weighted by atomic mass is 16.5. The van der Waals surface area contributed by atoms with Crippen LogP contribution in [-0.2, 0) is 0 Å². The largest absolute Gasteiger partial charge is 0.494 e. The molecule has 0 aliphatic heterocycles. The maximum Gasteiger partial charge on any atom is 0.220 e. The van der Waals surface area contributed by atoms with Crippen LogP contribution >= 0.6 is 0 Å². The number of hydrogen-bond donors (Lipinski definition) is 1. The van der Waals surface area contributed by atoms with Crippen LogP contribution in [-0.4, -0.2) is 17.1 Å². The maximum absolute atomic E-state index is 5.71. The van der Waals surface area contributed by atoms with Gasteiger partial charge in [0.25, 0.3) is 0 Å². The van der Waals surface area contributed by atoms with E-state index in [1.54, 1.807) is 7.11 Å². The van der Waals surface area contributed by atoms with Crippen LogP contribution in [0.15, 0.2) is 18.2 Å². The third-order valence-corrected chi connectivity index (χ3v) is 2.50. The number of nitrogens with zero attached hydrogens (tertiary/aromatic N) is 2. The lowest BCUT2D eigenvalue weighted by Crippen LogP contribution is -2.03. The van der Waals surface area contributed by atoms with Gasteiger partial charge >= 0.3 is 0 Å². The van der Waals surface area contributed by atoms with Gasteiger partial charge in [0.05, 0.1) is 12.8 Å². The van der Waals surface area contributed by atoms with Crippen molar-refractivity contribution in [1.29, 1.82) is 0 Å². The SMILES string of the molecule is COc1cccc2c(C(C)C)nc(N)nc12. The van der Waals surface area contributed by atoms with Crippen molar-refractivity contribution in [3.63, 3.8) is 0 Å². The molecule has 0 bridgehead atoms. The molecule has 2 aromatic rings. The second kappa shape index (κ2) is 3.96. The van der Waals surface area contributed by atoms with E-state index in [2.05, 4.69) is 23.8 Å². The van der Waals surface area contributed by atoms with E-state index in [1.807, 2.05) is 18.2 Å². The number of rotatable bonds is 2. The summed E-state index contributed by atoms with van der Waals surface area (Å²) in [6.45, 7) is 4.17. The zero-order valence-electron chi connectivity index (χ0n) is 9.69. The van der Waals surface area contributed by atoms with Gasteiger partial charge in [0, 0.05) is 5.39 Å². The van der Waals surface area contributed by atoms with E-state index < -0.39 is 0 Å². The van der Waals surface area contributed by atoms with Gasteiger partial charge in [0.1, 0.15) is 11.3 Å². The molecule has 16 heavy (non-hydrogen) atoms. The van der Waals surface area contributed by atoms with E-state index in [-0.39, 0.29) is 0 Å². The summed E-state index contributed by atoms with van der Waals surface area (Å²) in [7, 11) is 1.63. The lowest BCUT2D eigenvalue weighted by molar-refractivity contribution is 0.419. The average molecular weight is 217 g/mol. The molecule has 2 rings (SSSR count). The second-order valence-electron chi connectivity index (χ2n) is 3.98. The van der Waals surface area contributed by atoms with Crippen LogP contribution in [0.1, 0.15) is 25.5 Å². The van der Waals surface area contributed by atoms with Gasteiger partial charge in [-0.3, -0.25) is 0 Å². The average Bonchev–Trinajstić information content (AvgIpc) is 2.27. The van der Waals surface area contributed by atoms with Crippen LogP contribution in [0.4, 0.5) is 5.95 Å². The fourth-order valence-corrected chi connectivity index (χ4v) is 1.77. The summed E-state index contributed by atoms with van der Waals surface area (Å²) in [5.41, 5.74) is 7.45. The number of methoxy groups -OCH3 is 1. The van der Waals surface area contributed by atoms with Crippen LogP contribution < -0.4 is 10.5 Å². The molecule has 0 unspecified atom stereocenters. The summed E-state index contributed by atoms with van der Waals surface area (Å²) < 4.78 is 5.27. The van der Waals surface area contributed by atoms with E-state index in [4.69, 9.17) is 10.5 Å². The Hall–Kier alpha value is -1.84. The van der Waals surface area contributed by atoms with Crippen LogP contribution in [0, 0.1) is 0 Å². The zero-order valence-corrected chi connectivity index (χ0v) is 9.69. The van der Waals surface area contributed by atoms with Crippen molar-refractivity contribution >= 4 is 16.9 Å². The fourth-order valence-electron chi connectivity index (χ4n) is 1.77. The molecule has 0 amide bonds. The Morgan fingerprint density at radius 2 is 2.00 bits per heavy atom. The first-order valence-electron chi connectivity index (χ1n) is 5.23. The lowest BCUT2D eigenvalue weighted by Gasteiger charge is -2.11. The first kappa shape index (κ1) is 10.7. The molecule has 0 aliphatic carbocycles. The highest BCUT2D eigenvalue weighted by Crippen LogP contribution is 2.29. The summed E-state index contributed by atoms with van der Waals surface area (Å²) >= 11 is 0. The van der Waals surface area contributed by atoms with Crippen LogP contribution in [0.25, 0.3) is 10.9 Å². The van der Waals surface area contributed by atoms with Gasteiger partial charge in [0.15, 0.2) is 0 Å². The van der Waals surface area contributed by atoms with Gasteiger partial charge in [-0.25, -0.2) is 9.97 Å². The Kier molecular flexibility index (Phi) is 2.64. The summed E-state index contributed by atoms with van der Waals surface area (Å²) in [5.74, 6) is 1.33. The molecule has 2 N–H and O–H groups in total. The van der Waals surface area contributed by atoms with Crippen molar-refractivity contribution in [3.05, 3.63) is 23.9 Å². The highest BCUT2D eigenvalue weighted by Gasteiger charge is 2.12. The van der Waals surface area contributed by atoms with Crippen molar-refractivity contribution in [2.45, 2.75) is 19.8 Å². The van der Waals surface area contributed by atoms with Crippen molar-refractivity contribution in [2.24, 2.45) is 0 Å². The Labute approximate surface area is 94.5 Å². The number of nitrogens with two attached hydrogens (primary N) is 1. The Morgan fingerprint density at radius 1 is 1.25 bits per heavy atom. The fraction of sp³-hybridized carbons (Fsp3) is 0.333. The quantitative estimate of drug-likeness (QED) is 0.838. The Balaban J connectivity index is 2.83. The number of anilines is 1. The third-order valence-electron chi connectivity index (χ3n) is 2.50. The minimum absolute atomic E-state index is 0.292. The van der Waals surface area contributed by atoms with E-state index in [0.717, 1.165) is 22.3 Å². The molecule has 0 saturated heterocycles. The lowest BCUT2D eigenvalue weighted by atomic mass is 10.0. The smallest absolute Gasteiger partial charge is 0.220 e. The molecule has 0 fully saturated rings. The maximum atomic E-state index is 5.71. The molecule has 4 heteroatoms. The van der Waals surface area contributed by atoms with Gasteiger partial charge < -0.3 is 10.5 Å². The van der Waals surface area contributed by atoms with E-state index in [0.29, 0.717) is 11.9 Å². The summed E-state index contributed by atoms with van der Waals surface area (Å²) in [5, 5.41) is 1.00. The normalized spacial score (nSPS) is 11.0. The topological polar surface area (TPSA) is 61.0 Å². The summed E-state index contributed by atoms with van der Waals surface area (Å²) in [4.78, 5) is 8.52. The van der Waals surface area contributed by atoms with Gasteiger partial charge in [0.2, 0.25) is 5.95 Å². The predicted molar refractivity (Wildman–Crippen MR) is 64.6 cm³/mol. The minimum Gasteiger partial charge on any atom is -0.494 e. The van der Waals surface area contributed by atoms with Gasteiger partial charge in [-0.05, 0) is 12.0 Å². The van der Waals surface area contributed by atoms with Crippen molar-refractivity contribution < 1.29 is 4.74 Å². The molecule has 1 heterocycles. The van der Waals surface area contributed by atoms with E-state index in [9.17, 15) is 0 Å². The molecular formula is C12H15N3O. The van der Waals surface area contributed by atoms with Crippen molar-refractivity contribution in [3.8, 4) is 5.75 Å². The number of hydrogen-bond acceptors (Lipinski definition) is 4. The van der Waals surface area contributed by atoms with Gasteiger partial charge in [-0.15, -0.1) is 0 Å². The number of aromatic nitrogens is 2. The molecule has 1 aromatic heterocycles. The number of ether oxygens (including phenoxy) is 1. The molecule has 0 aliphatic rings. The Morgan fingerprint density at radius 3 is 2.62 bits per heavy atom. The molecule has 4 nitrogen and oxygen atoms in total. The predicted octanol–water partition coefficient (Wildman–Crippen LogP) is 2.34. The van der Waals surface area contributed by atoms with E-state index in [1.165, 1.54) is 0 Å². The van der Waals surface area contributed by atoms with Crippen molar-refractivity contribution in [2.75, 3.05) is 12.8 Å². The molecular weight excluding hydrogens is 202 g/mol. The molecule has 1 aromatic carbocycles. The van der Waals surface area contributed by atoms with Crippen molar-refractivity contribution in [1.82, 2.24) is 9.97 Å². The second-order valence-corrected chi connectivity index (χ2v) is 3.98. The van der Waals surface area contributed by atoms with Crippen LogP contribution in [0.2, 0.25) is 0 Å². The third kappa shape index (κ3) is 1.66. The van der Waals surface area contributed by atoms with Crippen LogP contribution in [0.5, 0.6) is 5.75 Å². The zero-order chi connectivity index (χ0) is 11.7. The molecule has 0 atom stereocenters. The molecule has 84 valence electrons. The summed E-state index contributed by atoms with van der Waals surface area (Å²) in [6, 6.07) is 5.80. The molecule has 0 radical (unpaired) electrons. The number of fused-ring (bicyclic) bond motifs is 1. The first-order chi connectivity index (χ1) is 7.63. The minimum atomic E-state index is 0.292. The first-order valence-corrected chi connectivity index (χ1v) is 5.23. The van der Waals surface area contributed by atoms with E-state index >= 15 is 0 Å². The number of benzene rings is 1. The van der Waals surface area contributed by atoms with Gasteiger partial charge in [-0.1, -0.05) is 26.0 Å². The number of nitrogen functional groups attached to an aromatic ring is 1. The Bertz CT molecular complexity index is 523. The summed E-state index contributed by atoms with van der Waals surface area (Å²) in [6.07, 6.45) is 0. The molecule has 0 spiro atoms. The standard InChI is InChI=1S/C12H15N3O/c1-7(2)10-8-5-4-6-9(16-3)11(8)15-12(13)14-10/h4-7H,1-3H3,(H2,13,14,15).